The molecule has 0 N–H and O–H groups in total. The van der Waals surface area contributed by atoms with Gasteiger partial charge >= 0.3 is 0 Å². The van der Waals surface area contributed by atoms with Crippen LogP contribution in [0.3, 0.4) is 0 Å². The van der Waals surface area contributed by atoms with Crippen molar-refractivity contribution in [1.82, 2.24) is 9.97 Å². The van der Waals surface area contributed by atoms with Crippen LogP contribution >= 0.6 is 0 Å². The van der Waals surface area contributed by atoms with Crippen LogP contribution in [0.1, 0.15) is 84.9 Å². The second-order valence-electron chi connectivity index (χ2n) is 14.3. The molecule has 1 fully saturated rings. The highest BCUT2D eigenvalue weighted by atomic mass is 15.5. The van der Waals surface area contributed by atoms with E-state index in [-0.39, 0.29) is 27.8 Å². The van der Waals surface area contributed by atoms with Crippen LogP contribution in [0.15, 0.2) is 66.7 Å². The summed E-state index contributed by atoms with van der Waals surface area (Å²) >= 11 is 0. The number of rotatable bonds is 2. The quantitative estimate of drug-likeness (QED) is 0.266. The minimum Gasteiger partial charge on any atom is -0.301 e. The van der Waals surface area contributed by atoms with E-state index in [4.69, 9.17) is 9.97 Å². The van der Waals surface area contributed by atoms with Gasteiger partial charge in [0.1, 0.15) is 6.17 Å². The largest absolute Gasteiger partial charge is 0.301 e. The summed E-state index contributed by atoms with van der Waals surface area (Å²) in [7, 11) is 0. The van der Waals surface area contributed by atoms with Crippen LogP contribution in [0.4, 0.5) is 23.0 Å². The molecule has 0 spiro atoms. The van der Waals surface area contributed by atoms with Gasteiger partial charge in [-0.15, -0.1) is 0 Å². The first kappa shape index (κ1) is 24.6. The van der Waals surface area contributed by atoms with Crippen LogP contribution in [-0.4, -0.2) is 16.1 Å². The maximum absolute atomic E-state index is 5.30. The third kappa shape index (κ3) is 3.24. The first-order chi connectivity index (χ1) is 18.4. The summed E-state index contributed by atoms with van der Waals surface area (Å²) in [6, 6.07) is 24.7. The highest BCUT2D eigenvalue weighted by molar-refractivity contribution is 5.92. The molecule has 3 aromatic carbocycles. The Morgan fingerprint density at radius 2 is 1.33 bits per heavy atom. The minimum absolute atomic E-state index is 0.0719. The Hall–Kier alpha value is -3.40. The lowest BCUT2D eigenvalue weighted by atomic mass is 9.75. The molecule has 39 heavy (non-hydrogen) atoms. The molecule has 4 heteroatoms. The molecule has 1 saturated carbocycles. The van der Waals surface area contributed by atoms with Gasteiger partial charge in [-0.1, -0.05) is 91.8 Å². The fraction of sp³-hybridized carbons (Fsp3) is 0.429. The molecular weight excluding hydrogens is 476 g/mol. The summed E-state index contributed by atoms with van der Waals surface area (Å²) in [6.07, 6.45) is 2.42. The molecular formula is C35H40N4. The maximum atomic E-state index is 5.30. The van der Waals surface area contributed by atoms with Crippen molar-refractivity contribution in [2.75, 3.05) is 9.80 Å². The maximum Gasteiger partial charge on any atom is 0.179 e. The monoisotopic (exact) mass is 516 g/mol. The van der Waals surface area contributed by atoms with Crippen LogP contribution in [0.2, 0.25) is 0 Å². The number of para-hydroxylation sites is 2. The van der Waals surface area contributed by atoms with Gasteiger partial charge in [-0.2, -0.15) is 0 Å². The van der Waals surface area contributed by atoms with Gasteiger partial charge in [0, 0.05) is 22.2 Å². The molecule has 3 atom stereocenters. The van der Waals surface area contributed by atoms with E-state index in [1.165, 1.54) is 34.5 Å². The lowest BCUT2D eigenvalue weighted by Crippen LogP contribution is -2.50. The number of hydrogen-bond acceptors (Lipinski definition) is 4. The summed E-state index contributed by atoms with van der Waals surface area (Å²) in [5.41, 5.74) is 9.04. The molecule has 0 bridgehead atoms. The van der Waals surface area contributed by atoms with Gasteiger partial charge in [-0.3, -0.25) is 0 Å². The smallest absolute Gasteiger partial charge is 0.179 e. The van der Waals surface area contributed by atoms with Crippen molar-refractivity contribution < 1.29 is 0 Å². The second-order valence-corrected chi connectivity index (χ2v) is 14.3. The predicted octanol–water partition coefficient (Wildman–Crippen LogP) is 8.91. The molecule has 3 heterocycles. The van der Waals surface area contributed by atoms with E-state index in [9.17, 15) is 0 Å². The van der Waals surface area contributed by atoms with E-state index < -0.39 is 0 Å². The molecule has 1 aliphatic carbocycles. The summed E-state index contributed by atoms with van der Waals surface area (Å²) < 4.78 is 0. The van der Waals surface area contributed by atoms with Gasteiger partial charge in [-0.25, -0.2) is 9.97 Å². The van der Waals surface area contributed by atoms with E-state index in [0.717, 1.165) is 29.1 Å². The number of hydrogen-bond donors (Lipinski definition) is 0. The Kier molecular flexibility index (Phi) is 4.81. The second kappa shape index (κ2) is 7.62. The van der Waals surface area contributed by atoms with Crippen molar-refractivity contribution in [2.24, 2.45) is 5.41 Å². The molecule has 7 rings (SSSR count). The molecule has 0 radical (unpaired) electrons. The molecule has 3 aliphatic rings. The van der Waals surface area contributed by atoms with Gasteiger partial charge in [0.15, 0.2) is 11.6 Å². The number of anilines is 4. The summed E-state index contributed by atoms with van der Waals surface area (Å²) in [5, 5.41) is 0. The van der Waals surface area contributed by atoms with Crippen LogP contribution in [0.5, 0.6) is 0 Å². The highest BCUT2D eigenvalue weighted by Crippen LogP contribution is 2.76. The number of fused-ring (bicyclic) bond motifs is 9. The lowest BCUT2D eigenvalue weighted by molar-refractivity contribution is 0.351. The van der Waals surface area contributed by atoms with Crippen LogP contribution in [0.25, 0.3) is 11.0 Å². The first-order valence-corrected chi connectivity index (χ1v) is 14.5. The average Bonchev–Trinajstić information content (AvgIpc) is 3.41. The highest BCUT2D eigenvalue weighted by Gasteiger charge is 2.74. The van der Waals surface area contributed by atoms with E-state index in [2.05, 4.69) is 132 Å². The van der Waals surface area contributed by atoms with Gasteiger partial charge in [-0.05, 0) is 70.7 Å². The Labute approximate surface area is 233 Å². The summed E-state index contributed by atoms with van der Waals surface area (Å²) in [6.45, 7) is 18.7. The topological polar surface area (TPSA) is 32.3 Å². The molecule has 4 aromatic rings. The van der Waals surface area contributed by atoms with Crippen molar-refractivity contribution in [1.29, 1.82) is 0 Å². The standard InChI is InChI=1S/C35H40N4/c1-9-35-21-34(35,8)31-38(24-17-14-22(15-18-24)32(2,3)4)29-30(37-27-13-11-10-12-26(27)36-29)39(31)28-19-16-23(20-25(28)35)33(5,6)7/h10-20,31H,9,21H2,1-8H3. The lowest BCUT2D eigenvalue weighted by Gasteiger charge is -2.45. The normalized spacial score (nSPS) is 25.3. The molecule has 1 aromatic heterocycles. The number of nitrogens with zero attached hydrogens (tertiary/aromatic N) is 4. The van der Waals surface area contributed by atoms with Crippen molar-refractivity contribution in [3.05, 3.63) is 83.4 Å². The average molecular weight is 517 g/mol. The third-order valence-corrected chi connectivity index (χ3v) is 9.94. The van der Waals surface area contributed by atoms with Crippen LogP contribution < -0.4 is 9.80 Å². The van der Waals surface area contributed by atoms with Gasteiger partial charge in [0.2, 0.25) is 0 Å². The minimum atomic E-state index is 0.0719. The molecule has 200 valence electrons. The van der Waals surface area contributed by atoms with E-state index >= 15 is 0 Å². The Morgan fingerprint density at radius 1 is 0.769 bits per heavy atom. The van der Waals surface area contributed by atoms with Crippen LogP contribution in [0, 0.1) is 5.41 Å². The SMILES string of the molecule is CCC12CC1(C)C1N(c3ccc(C(C)(C)C)cc3)c3nc4ccccc4nc3N1c1ccc(C(C)(C)C)cc12. The van der Waals surface area contributed by atoms with Crippen molar-refractivity contribution in [2.45, 2.75) is 90.6 Å². The van der Waals surface area contributed by atoms with E-state index in [0.29, 0.717) is 0 Å². The summed E-state index contributed by atoms with van der Waals surface area (Å²) in [4.78, 5) is 15.6. The molecule has 0 amide bonds. The molecule has 0 saturated heterocycles. The zero-order valence-electron chi connectivity index (χ0n) is 24.6. The zero-order chi connectivity index (χ0) is 27.5. The van der Waals surface area contributed by atoms with Crippen LogP contribution in [-0.2, 0) is 16.2 Å². The fourth-order valence-electron chi connectivity index (χ4n) is 7.49. The van der Waals surface area contributed by atoms with Crippen molar-refractivity contribution in [3.63, 3.8) is 0 Å². The molecule has 4 nitrogen and oxygen atoms in total. The Bertz CT molecular complexity index is 1620. The van der Waals surface area contributed by atoms with Gasteiger partial charge in [0.05, 0.1) is 11.0 Å². The number of benzene rings is 3. The van der Waals surface area contributed by atoms with E-state index in [1.807, 2.05) is 0 Å². The fourth-order valence-corrected chi connectivity index (χ4v) is 7.49. The zero-order valence-corrected chi connectivity index (χ0v) is 24.6. The van der Waals surface area contributed by atoms with Crippen molar-refractivity contribution >= 4 is 34.0 Å². The number of aromatic nitrogens is 2. The predicted molar refractivity (Wildman–Crippen MR) is 163 cm³/mol. The van der Waals surface area contributed by atoms with Gasteiger partial charge < -0.3 is 9.80 Å². The van der Waals surface area contributed by atoms with Gasteiger partial charge in [0.25, 0.3) is 0 Å². The Morgan fingerprint density at radius 3 is 1.90 bits per heavy atom. The Balaban J connectivity index is 1.50. The molecule has 3 unspecified atom stereocenters. The van der Waals surface area contributed by atoms with E-state index in [1.54, 1.807) is 0 Å². The summed E-state index contributed by atoms with van der Waals surface area (Å²) in [5.74, 6) is 1.94. The first-order valence-electron chi connectivity index (χ1n) is 14.5. The third-order valence-electron chi connectivity index (χ3n) is 9.94. The van der Waals surface area contributed by atoms with Crippen molar-refractivity contribution in [3.8, 4) is 0 Å². The molecule has 2 aliphatic heterocycles.